The fourth-order valence-corrected chi connectivity index (χ4v) is 4.04. The average Bonchev–Trinajstić information content (AvgIpc) is 2.74. The van der Waals surface area contributed by atoms with Crippen LogP contribution in [0.25, 0.3) is 0 Å². The molecule has 0 aromatic heterocycles. The number of rotatable bonds is 7. The van der Waals surface area contributed by atoms with Crippen molar-refractivity contribution >= 4 is 29.3 Å². The second-order valence-corrected chi connectivity index (χ2v) is 8.89. The topological polar surface area (TPSA) is 58.2 Å². The van der Waals surface area contributed by atoms with Crippen molar-refractivity contribution in [3.05, 3.63) is 95.6 Å². The van der Waals surface area contributed by atoms with Gasteiger partial charge in [0.05, 0.1) is 22.9 Å². The van der Waals surface area contributed by atoms with E-state index in [2.05, 4.69) is 24.5 Å². The first-order chi connectivity index (χ1) is 14.5. The Hall–Kier alpha value is -3.05. The third-order valence-corrected chi connectivity index (χ3v) is 5.64. The maximum atomic E-state index is 13.0. The first-order valence-electron chi connectivity index (χ1n) is 9.97. The van der Waals surface area contributed by atoms with Gasteiger partial charge in [-0.15, -0.1) is 11.8 Å². The molecule has 1 atom stereocenters. The van der Waals surface area contributed by atoms with Gasteiger partial charge in [-0.05, 0) is 36.8 Å². The van der Waals surface area contributed by atoms with Crippen LogP contribution in [0.2, 0.25) is 0 Å². The van der Waals surface area contributed by atoms with Crippen LogP contribution in [0.15, 0.2) is 83.8 Å². The number of nitrogens with one attached hydrogen (secondary N) is 2. The minimum Gasteiger partial charge on any atom is -0.345 e. The molecular formula is C25H26N2O2S. The first-order valence-corrected chi connectivity index (χ1v) is 10.9. The van der Waals surface area contributed by atoms with E-state index >= 15 is 0 Å². The maximum Gasteiger partial charge on any atom is 0.256 e. The Morgan fingerprint density at radius 1 is 0.733 bits per heavy atom. The Morgan fingerprint density at radius 2 is 1.33 bits per heavy atom. The standard InChI is InChI=1S/C25H26N2O2S/c1-17(2)30-23-16-10-8-14-21(23)25(29)27-22-15-9-7-13-20(22)24(28)26-18(3)19-11-5-4-6-12-19/h4-18H,1-3H3,(H,26,28)(H,27,29)/t18-/m1/s1. The molecule has 0 spiro atoms. The molecule has 0 aliphatic carbocycles. The number of amides is 2. The van der Waals surface area contributed by atoms with Crippen molar-refractivity contribution in [1.29, 1.82) is 0 Å². The van der Waals surface area contributed by atoms with Crippen LogP contribution >= 0.6 is 11.8 Å². The zero-order valence-electron chi connectivity index (χ0n) is 17.4. The smallest absolute Gasteiger partial charge is 0.256 e. The van der Waals surface area contributed by atoms with Crippen molar-refractivity contribution in [2.45, 2.75) is 37.0 Å². The third kappa shape index (κ3) is 5.51. The minimum atomic E-state index is -0.230. The summed E-state index contributed by atoms with van der Waals surface area (Å²) < 4.78 is 0. The summed E-state index contributed by atoms with van der Waals surface area (Å²) in [4.78, 5) is 26.8. The first kappa shape index (κ1) is 21.7. The molecule has 0 fully saturated rings. The fraction of sp³-hybridized carbons (Fsp3) is 0.200. The van der Waals surface area contributed by atoms with E-state index in [0.29, 0.717) is 22.1 Å². The summed E-state index contributed by atoms with van der Waals surface area (Å²) in [6, 6.07) is 24.2. The Morgan fingerprint density at radius 3 is 2.03 bits per heavy atom. The molecule has 154 valence electrons. The van der Waals surface area contributed by atoms with Gasteiger partial charge in [-0.25, -0.2) is 0 Å². The molecule has 4 nitrogen and oxygen atoms in total. The number of carbonyl (C=O) groups excluding carboxylic acids is 2. The molecule has 0 radical (unpaired) electrons. The van der Waals surface area contributed by atoms with Crippen LogP contribution in [0.4, 0.5) is 5.69 Å². The lowest BCUT2D eigenvalue weighted by atomic mass is 10.1. The Labute approximate surface area is 182 Å². The van der Waals surface area contributed by atoms with Crippen molar-refractivity contribution in [3.8, 4) is 0 Å². The summed E-state index contributed by atoms with van der Waals surface area (Å²) in [5.41, 5.74) is 2.54. The summed E-state index contributed by atoms with van der Waals surface area (Å²) in [7, 11) is 0. The second kappa shape index (κ2) is 10.1. The van der Waals surface area contributed by atoms with Gasteiger partial charge in [0.25, 0.3) is 11.8 Å². The van der Waals surface area contributed by atoms with E-state index < -0.39 is 0 Å². The quantitative estimate of drug-likeness (QED) is 0.468. The van der Waals surface area contributed by atoms with Gasteiger partial charge in [-0.2, -0.15) is 0 Å². The van der Waals surface area contributed by atoms with E-state index in [-0.39, 0.29) is 17.9 Å². The number of hydrogen-bond acceptors (Lipinski definition) is 3. The Kier molecular flexibility index (Phi) is 7.31. The second-order valence-electron chi connectivity index (χ2n) is 7.27. The molecule has 0 aliphatic heterocycles. The number of carbonyl (C=O) groups is 2. The average molecular weight is 419 g/mol. The van der Waals surface area contributed by atoms with Gasteiger partial charge in [0, 0.05) is 10.1 Å². The maximum absolute atomic E-state index is 13.0. The molecule has 2 N–H and O–H groups in total. The zero-order chi connectivity index (χ0) is 21.5. The molecule has 3 aromatic rings. The fourth-order valence-electron chi connectivity index (χ4n) is 3.09. The third-order valence-electron chi connectivity index (χ3n) is 4.56. The van der Waals surface area contributed by atoms with Crippen molar-refractivity contribution in [1.82, 2.24) is 5.32 Å². The lowest BCUT2D eigenvalue weighted by molar-refractivity contribution is 0.0941. The van der Waals surface area contributed by atoms with Crippen LogP contribution in [0.1, 0.15) is 53.1 Å². The van der Waals surface area contributed by atoms with Crippen LogP contribution in [-0.4, -0.2) is 17.1 Å². The number of thioether (sulfide) groups is 1. The van der Waals surface area contributed by atoms with Crippen LogP contribution < -0.4 is 10.6 Å². The lowest BCUT2D eigenvalue weighted by Crippen LogP contribution is -2.28. The number of para-hydroxylation sites is 1. The van der Waals surface area contributed by atoms with Gasteiger partial charge in [-0.1, -0.05) is 68.4 Å². The van der Waals surface area contributed by atoms with Gasteiger partial charge < -0.3 is 10.6 Å². The zero-order valence-corrected chi connectivity index (χ0v) is 18.2. The lowest BCUT2D eigenvalue weighted by Gasteiger charge is -2.17. The largest absolute Gasteiger partial charge is 0.345 e. The minimum absolute atomic E-state index is 0.148. The van der Waals surface area contributed by atoms with E-state index in [0.717, 1.165) is 10.5 Å². The molecule has 3 aromatic carbocycles. The van der Waals surface area contributed by atoms with Gasteiger partial charge >= 0.3 is 0 Å². The number of benzene rings is 3. The van der Waals surface area contributed by atoms with Crippen molar-refractivity contribution in [3.63, 3.8) is 0 Å². The van der Waals surface area contributed by atoms with E-state index in [9.17, 15) is 9.59 Å². The van der Waals surface area contributed by atoms with E-state index in [1.165, 1.54) is 0 Å². The molecule has 2 amide bonds. The normalized spacial score (nSPS) is 11.7. The molecule has 0 unspecified atom stereocenters. The van der Waals surface area contributed by atoms with Crippen molar-refractivity contribution in [2.24, 2.45) is 0 Å². The van der Waals surface area contributed by atoms with Crippen LogP contribution in [0, 0.1) is 0 Å². The highest BCUT2D eigenvalue weighted by Gasteiger charge is 2.18. The molecular weight excluding hydrogens is 392 g/mol. The molecule has 0 heterocycles. The predicted octanol–water partition coefficient (Wildman–Crippen LogP) is 5.93. The highest BCUT2D eigenvalue weighted by atomic mass is 32.2. The molecule has 3 rings (SSSR count). The van der Waals surface area contributed by atoms with Gasteiger partial charge in [0.15, 0.2) is 0 Å². The van der Waals surface area contributed by atoms with E-state index in [1.807, 2.05) is 61.5 Å². The van der Waals surface area contributed by atoms with Crippen molar-refractivity contribution in [2.75, 3.05) is 5.32 Å². The molecule has 0 saturated heterocycles. The number of hydrogen-bond donors (Lipinski definition) is 2. The monoisotopic (exact) mass is 418 g/mol. The summed E-state index contributed by atoms with van der Waals surface area (Å²) in [5, 5.41) is 6.29. The molecule has 5 heteroatoms. The molecule has 0 saturated carbocycles. The highest BCUT2D eigenvalue weighted by molar-refractivity contribution is 8.00. The predicted molar refractivity (Wildman–Crippen MR) is 124 cm³/mol. The summed E-state index contributed by atoms with van der Waals surface area (Å²) in [6.45, 7) is 6.12. The molecule has 0 aliphatic rings. The van der Waals surface area contributed by atoms with Crippen LogP contribution in [0.5, 0.6) is 0 Å². The summed E-state index contributed by atoms with van der Waals surface area (Å²) >= 11 is 1.64. The van der Waals surface area contributed by atoms with E-state index in [4.69, 9.17) is 0 Å². The SMILES string of the molecule is CC(C)Sc1ccccc1C(=O)Nc1ccccc1C(=O)N[C@H](C)c1ccccc1. The molecule has 0 bridgehead atoms. The Bertz CT molecular complexity index is 1020. The Balaban J connectivity index is 1.79. The van der Waals surface area contributed by atoms with Gasteiger partial charge in [0.1, 0.15) is 0 Å². The molecule has 30 heavy (non-hydrogen) atoms. The van der Waals surface area contributed by atoms with Crippen molar-refractivity contribution < 1.29 is 9.59 Å². The number of anilines is 1. The van der Waals surface area contributed by atoms with Gasteiger partial charge in [-0.3, -0.25) is 9.59 Å². The van der Waals surface area contributed by atoms with Crippen LogP contribution in [-0.2, 0) is 0 Å². The van der Waals surface area contributed by atoms with Crippen LogP contribution in [0.3, 0.4) is 0 Å². The summed E-state index contributed by atoms with van der Waals surface area (Å²) in [6.07, 6.45) is 0. The highest BCUT2D eigenvalue weighted by Crippen LogP contribution is 2.27. The van der Waals surface area contributed by atoms with Gasteiger partial charge in [0.2, 0.25) is 0 Å². The summed E-state index contributed by atoms with van der Waals surface area (Å²) in [5.74, 6) is -0.456. The van der Waals surface area contributed by atoms with E-state index in [1.54, 1.807) is 36.0 Å².